The second kappa shape index (κ2) is 7.94. The highest BCUT2D eigenvalue weighted by Gasteiger charge is 2.25. The molecule has 0 saturated heterocycles. The molecule has 2 aromatic rings. The zero-order chi connectivity index (χ0) is 16.7. The van der Waals surface area contributed by atoms with Gasteiger partial charge in [0.15, 0.2) is 0 Å². The predicted molar refractivity (Wildman–Crippen MR) is 89.4 cm³/mol. The summed E-state index contributed by atoms with van der Waals surface area (Å²) >= 11 is 0. The van der Waals surface area contributed by atoms with Crippen molar-refractivity contribution in [1.82, 2.24) is 4.90 Å². The Labute approximate surface area is 136 Å². The summed E-state index contributed by atoms with van der Waals surface area (Å²) in [5.41, 5.74) is 1.53. The van der Waals surface area contributed by atoms with Gasteiger partial charge in [0.05, 0.1) is 0 Å². The lowest BCUT2D eigenvalue weighted by Crippen LogP contribution is -2.30. The third-order valence-electron chi connectivity index (χ3n) is 3.21. The Bertz CT molecular complexity index is 678. The zero-order valence-electron chi connectivity index (χ0n) is 13.2. The highest BCUT2D eigenvalue weighted by molar-refractivity contribution is 5.90. The van der Waals surface area contributed by atoms with Crippen LogP contribution in [0.2, 0.25) is 0 Å². The number of rotatable bonds is 5. The Morgan fingerprint density at radius 1 is 0.957 bits per heavy atom. The van der Waals surface area contributed by atoms with Gasteiger partial charge in [0, 0.05) is 25.7 Å². The van der Waals surface area contributed by atoms with Gasteiger partial charge in [-0.3, -0.25) is 4.79 Å². The Balaban J connectivity index is 2.13. The predicted octanol–water partition coefficient (Wildman–Crippen LogP) is 3.07. The number of nitrogens with zero attached hydrogens (tertiary/aromatic N) is 1. The molecule has 0 aromatic heterocycles. The quantitative estimate of drug-likeness (QED) is 0.630. The second-order valence-corrected chi connectivity index (χ2v) is 5.20. The van der Waals surface area contributed by atoms with Crippen LogP contribution in [0.4, 0.5) is 0 Å². The van der Waals surface area contributed by atoms with Gasteiger partial charge in [-0.1, -0.05) is 60.7 Å². The lowest BCUT2D eigenvalue weighted by molar-refractivity contribution is -0.155. The summed E-state index contributed by atoms with van der Waals surface area (Å²) < 4.78 is 5.36. The van der Waals surface area contributed by atoms with E-state index in [2.05, 4.69) is 0 Å². The van der Waals surface area contributed by atoms with E-state index in [9.17, 15) is 9.59 Å². The molecule has 118 valence electrons. The highest BCUT2D eigenvalue weighted by Crippen LogP contribution is 2.19. The molecule has 4 nitrogen and oxygen atoms in total. The molecule has 0 fully saturated rings. The largest absolute Gasteiger partial charge is 0.444 e. The fourth-order valence-corrected chi connectivity index (χ4v) is 2.01. The van der Waals surface area contributed by atoms with Gasteiger partial charge in [0.2, 0.25) is 6.10 Å². The molecule has 0 aliphatic rings. The minimum Gasteiger partial charge on any atom is -0.444 e. The van der Waals surface area contributed by atoms with Crippen LogP contribution in [0.3, 0.4) is 0 Å². The van der Waals surface area contributed by atoms with Crippen molar-refractivity contribution < 1.29 is 14.3 Å². The van der Waals surface area contributed by atoms with Crippen LogP contribution in [-0.4, -0.2) is 30.9 Å². The summed E-state index contributed by atoms with van der Waals surface area (Å²) in [5.74, 6) is -0.837. The normalized spacial score (nSPS) is 11.9. The van der Waals surface area contributed by atoms with E-state index in [1.54, 1.807) is 44.4 Å². The van der Waals surface area contributed by atoms with Gasteiger partial charge < -0.3 is 9.64 Å². The van der Waals surface area contributed by atoms with Crippen LogP contribution in [0.15, 0.2) is 66.7 Å². The van der Waals surface area contributed by atoms with E-state index in [1.165, 1.54) is 11.0 Å². The van der Waals surface area contributed by atoms with Crippen molar-refractivity contribution in [3.05, 3.63) is 77.9 Å². The first kappa shape index (κ1) is 16.5. The number of esters is 1. The van der Waals surface area contributed by atoms with E-state index in [-0.39, 0.29) is 5.91 Å². The summed E-state index contributed by atoms with van der Waals surface area (Å²) in [6.07, 6.45) is 2.04. The van der Waals surface area contributed by atoms with E-state index >= 15 is 0 Å². The number of ether oxygens (including phenoxy) is 1. The zero-order valence-corrected chi connectivity index (χ0v) is 13.2. The van der Waals surface area contributed by atoms with E-state index in [4.69, 9.17) is 4.74 Å². The molecule has 0 heterocycles. The number of carbonyl (C=O) groups is 2. The van der Waals surface area contributed by atoms with Gasteiger partial charge >= 0.3 is 5.97 Å². The van der Waals surface area contributed by atoms with Crippen molar-refractivity contribution in [2.45, 2.75) is 6.10 Å². The van der Waals surface area contributed by atoms with Gasteiger partial charge in [0.25, 0.3) is 5.91 Å². The number of hydrogen-bond acceptors (Lipinski definition) is 3. The van der Waals surface area contributed by atoms with Crippen molar-refractivity contribution in [2.75, 3.05) is 14.1 Å². The average Bonchev–Trinajstić information content (AvgIpc) is 2.59. The Hall–Kier alpha value is -2.88. The first-order valence-corrected chi connectivity index (χ1v) is 7.28. The second-order valence-electron chi connectivity index (χ2n) is 5.20. The third-order valence-corrected chi connectivity index (χ3v) is 3.21. The summed E-state index contributed by atoms with van der Waals surface area (Å²) in [6.45, 7) is 0. The molecule has 4 heteroatoms. The van der Waals surface area contributed by atoms with Crippen LogP contribution in [0.25, 0.3) is 6.08 Å². The number of hydrogen-bond donors (Lipinski definition) is 0. The topological polar surface area (TPSA) is 46.6 Å². The fourth-order valence-electron chi connectivity index (χ4n) is 2.01. The monoisotopic (exact) mass is 309 g/mol. The molecule has 0 radical (unpaired) electrons. The van der Waals surface area contributed by atoms with Crippen molar-refractivity contribution in [2.24, 2.45) is 0 Å². The lowest BCUT2D eigenvalue weighted by Gasteiger charge is -2.20. The molecule has 0 aliphatic heterocycles. The van der Waals surface area contributed by atoms with Gasteiger partial charge in [-0.2, -0.15) is 0 Å². The maximum atomic E-state index is 12.3. The first-order chi connectivity index (χ1) is 11.1. The standard InChI is InChI=1S/C19H19NO3/c1-20(2)19(22)18(16-11-7-4-8-12-16)23-17(21)14-13-15-9-5-3-6-10-15/h3-14,18H,1-2H3/b14-13+/t18-/m0/s1. The number of benzene rings is 2. The van der Waals surface area contributed by atoms with Crippen molar-refractivity contribution in [3.8, 4) is 0 Å². The number of carbonyl (C=O) groups excluding carboxylic acids is 2. The van der Waals surface area contributed by atoms with Gasteiger partial charge in [-0.15, -0.1) is 0 Å². The van der Waals surface area contributed by atoms with Crippen LogP contribution in [0.5, 0.6) is 0 Å². The van der Waals surface area contributed by atoms with E-state index in [0.717, 1.165) is 5.56 Å². The van der Waals surface area contributed by atoms with Gasteiger partial charge in [0.1, 0.15) is 0 Å². The van der Waals surface area contributed by atoms with Crippen molar-refractivity contribution >= 4 is 18.0 Å². The van der Waals surface area contributed by atoms with Crippen molar-refractivity contribution in [1.29, 1.82) is 0 Å². The minimum atomic E-state index is -0.945. The molecule has 1 atom stereocenters. The number of likely N-dealkylation sites (N-methyl/N-ethyl adjacent to an activating group) is 1. The van der Waals surface area contributed by atoms with Crippen molar-refractivity contribution in [3.63, 3.8) is 0 Å². The Morgan fingerprint density at radius 3 is 2.09 bits per heavy atom. The smallest absolute Gasteiger partial charge is 0.331 e. The summed E-state index contributed by atoms with van der Waals surface area (Å²) in [5, 5.41) is 0. The SMILES string of the molecule is CN(C)C(=O)[C@@H](OC(=O)/C=C/c1ccccc1)c1ccccc1. The average molecular weight is 309 g/mol. The van der Waals surface area contributed by atoms with E-state index < -0.39 is 12.1 Å². The maximum Gasteiger partial charge on any atom is 0.331 e. The molecule has 0 aliphatic carbocycles. The Morgan fingerprint density at radius 2 is 1.52 bits per heavy atom. The molecule has 2 aromatic carbocycles. The highest BCUT2D eigenvalue weighted by atomic mass is 16.5. The molecule has 23 heavy (non-hydrogen) atoms. The maximum absolute atomic E-state index is 12.3. The Kier molecular flexibility index (Phi) is 5.69. The molecular weight excluding hydrogens is 290 g/mol. The summed E-state index contributed by atoms with van der Waals surface area (Å²) in [4.78, 5) is 25.7. The first-order valence-electron chi connectivity index (χ1n) is 7.28. The third kappa shape index (κ3) is 4.81. The van der Waals surface area contributed by atoms with Gasteiger partial charge in [-0.25, -0.2) is 4.79 Å². The minimum absolute atomic E-state index is 0.280. The van der Waals surface area contributed by atoms with Crippen LogP contribution < -0.4 is 0 Å². The molecule has 1 amide bonds. The summed E-state index contributed by atoms with van der Waals surface area (Å²) in [7, 11) is 3.26. The van der Waals surface area contributed by atoms with E-state index in [0.29, 0.717) is 5.56 Å². The molecule has 0 saturated carbocycles. The number of amides is 1. The molecule has 0 bridgehead atoms. The van der Waals surface area contributed by atoms with Crippen LogP contribution in [0, 0.1) is 0 Å². The molecule has 0 spiro atoms. The molecule has 0 N–H and O–H groups in total. The van der Waals surface area contributed by atoms with Gasteiger partial charge in [-0.05, 0) is 11.6 Å². The van der Waals surface area contributed by atoms with Crippen LogP contribution in [0.1, 0.15) is 17.2 Å². The lowest BCUT2D eigenvalue weighted by atomic mass is 10.1. The fraction of sp³-hybridized carbons (Fsp3) is 0.158. The van der Waals surface area contributed by atoms with Crippen LogP contribution in [-0.2, 0) is 14.3 Å². The van der Waals surface area contributed by atoms with Crippen LogP contribution >= 0.6 is 0 Å². The molecular formula is C19H19NO3. The summed E-state index contributed by atoms with van der Waals surface area (Å²) in [6, 6.07) is 18.4. The molecule has 0 unspecified atom stereocenters. The molecule has 2 rings (SSSR count). The van der Waals surface area contributed by atoms with E-state index in [1.807, 2.05) is 36.4 Å².